The van der Waals surface area contributed by atoms with Gasteiger partial charge in [0, 0.05) is 30.7 Å². The van der Waals surface area contributed by atoms with Gasteiger partial charge in [-0.25, -0.2) is 8.42 Å². The van der Waals surface area contributed by atoms with Gasteiger partial charge in [-0.2, -0.15) is 0 Å². The maximum atomic E-state index is 12.2. The number of hydrogen-bond donors (Lipinski definition) is 2. The number of aryl methyl sites for hydroxylation is 1. The predicted octanol–water partition coefficient (Wildman–Crippen LogP) is 2.81. The lowest BCUT2D eigenvalue weighted by atomic mass is 9.89. The molecule has 25 heavy (non-hydrogen) atoms. The van der Waals surface area contributed by atoms with E-state index in [0.717, 1.165) is 16.9 Å². The summed E-state index contributed by atoms with van der Waals surface area (Å²) in [6.45, 7) is 5.94. The molecule has 0 saturated heterocycles. The van der Waals surface area contributed by atoms with E-state index >= 15 is 0 Å². The van der Waals surface area contributed by atoms with Gasteiger partial charge in [-0.1, -0.05) is 17.7 Å². The number of benzene rings is 1. The molecule has 0 spiro atoms. The zero-order chi connectivity index (χ0) is 18.8. The Balaban J connectivity index is 2.25. The van der Waals surface area contributed by atoms with Gasteiger partial charge in [0.2, 0.25) is 0 Å². The number of hydrogen-bond acceptors (Lipinski definition) is 5. The van der Waals surface area contributed by atoms with Gasteiger partial charge < -0.3 is 9.84 Å². The number of ether oxygens (including phenoxy) is 1. The quantitative estimate of drug-likeness (QED) is 0.768. The molecule has 7 heteroatoms. The zero-order valence-electron chi connectivity index (χ0n) is 15.2. The molecule has 2 atom stereocenters. The minimum atomic E-state index is -3.36. The smallest absolute Gasteiger partial charge is 0.303 e. The lowest BCUT2D eigenvalue weighted by molar-refractivity contribution is -0.137. The van der Waals surface area contributed by atoms with Crippen molar-refractivity contribution in [1.29, 1.82) is 0 Å². The highest BCUT2D eigenvalue weighted by molar-refractivity contribution is 7.91. The third-order valence-electron chi connectivity index (χ3n) is 4.38. The van der Waals surface area contributed by atoms with Crippen molar-refractivity contribution < 1.29 is 23.1 Å². The summed E-state index contributed by atoms with van der Waals surface area (Å²) in [4.78, 5) is 10.7. The Morgan fingerprint density at radius 1 is 1.44 bits per heavy atom. The average Bonchev–Trinajstić information content (AvgIpc) is 2.44. The molecule has 6 nitrogen and oxygen atoms in total. The van der Waals surface area contributed by atoms with Crippen molar-refractivity contribution in [3.05, 3.63) is 29.3 Å². The molecule has 0 aliphatic carbocycles. The molecule has 0 aromatic heterocycles. The van der Waals surface area contributed by atoms with E-state index in [1.165, 1.54) is 6.26 Å². The van der Waals surface area contributed by atoms with Gasteiger partial charge in [0.05, 0.1) is 0 Å². The van der Waals surface area contributed by atoms with Gasteiger partial charge in [-0.3, -0.25) is 10.1 Å². The van der Waals surface area contributed by atoms with E-state index in [4.69, 9.17) is 9.84 Å². The SMILES string of the molecule is Cc1ccc2c(c1)C(NC(CCCC(=O)O)S(C)(=O)=O)CC(C)(C)O2. The zero-order valence-corrected chi connectivity index (χ0v) is 16.0. The van der Waals surface area contributed by atoms with Crippen molar-refractivity contribution in [1.82, 2.24) is 5.32 Å². The van der Waals surface area contributed by atoms with Gasteiger partial charge in [0.1, 0.15) is 16.7 Å². The van der Waals surface area contributed by atoms with Crippen LogP contribution in [0.1, 0.15) is 56.7 Å². The highest BCUT2D eigenvalue weighted by atomic mass is 32.2. The normalized spacial score (nSPS) is 20.4. The number of rotatable bonds is 7. The van der Waals surface area contributed by atoms with Crippen LogP contribution in [0.25, 0.3) is 0 Å². The molecule has 1 aliphatic heterocycles. The summed E-state index contributed by atoms with van der Waals surface area (Å²) >= 11 is 0. The second kappa shape index (κ2) is 7.33. The molecule has 2 unspecified atom stereocenters. The fourth-order valence-corrected chi connectivity index (χ4v) is 4.21. The van der Waals surface area contributed by atoms with Gasteiger partial charge in [-0.15, -0.1) is 0 Å². The van der Waals surface area contributed by atoms with Gasteiger partial charge in [-0.05, 0) is 39.7 Å². The summed E-state index contributed by atoms with van der Waals surface area (Å²) in [5, 5.41) is 11.3. The fraction of sp³-hybridized carbons (Fsp3) is 0.611. The van der Waals surface area contributed by atoms with Crippen LogP contribution in [-0.2, 0) is 14.6 Å². The molecule has 1 heterocycles. The standard InChI is InChI=1S/C18H27NO5S/c1-12-8-9-15-13(10-12)14(11-18(2,3)24-15)19-16(25(4,22)23)6-5-7-17(20)21/h8-10,14,16,19H,5-7,11H2,1-4H3,(H,20,21). The number of aliphatic carboxylic acids is 1. The molecule has 0 fully saturated rings. The third-order valence-corrected chi connectivity index (χ3v) is 5.79. The Labute approximate surface area is 149 Å². The van der Waals surface area contributed by atoms with Crippen LogP contribution in [0.5, 0.6) is 5.75 Å². The first-order chi connectivity index (χ1) is 11.5. The van der Waals surface area contributed by atoms with E-state index in [1.54, 1.807) is 0 Å². The van der Waals surface area contributed by atoms with Gasteiger partial charge in [0.25, 0.3) is 0 Å². The number of carboxylic acids is 1. The van der Waals surface area contributed by atoms with Crippen LogP contribution < -0.4 is 10.1 Å². The van der Waals surface area contributed by atoms with Crippen LogP contribution in [0.15, 0.2) is 18.2 Å². The fourth-order valence-electron chi connectivity index (χ4n) is 3.21. The van der Waals surface area contributed by atoms with Crippen LogP contribution >= 0.6 is 0 Å². The van der Waals surface area contributed by atoms with Crippen molar-refractivity contribution in [2.45, 2.75) is 63.5 Å². The minimum absolute atomic E-state index is 0.0390. The molecule has 0 amide bonds. The summed E-state index contributed by atoms with van der Waals surface area (Å²) in [5.41, 5.74) is 1.62. The van der Waals surface area contributed by atoms with Crippen molar-refractivity contribution in [2.24, 2.45) is 0 Å². The van der Waals surface area contributed by atoms with Crippen molar-refractivity contribution in [3.63, 3.8) is 0 Å². The summed E-state index contributed by atoms with van der Waals surface area (Å²) in [6.07, 6.45) is 2.36. The van der Waals surface area contributed by atoms with Crippen LogP contribution in [0.3, 0.4) is 0 Å². The van der Waals surface area contributed by atoms with Crippen LogP contribution in [0, 0.1) is 6.92 Å². The number of fused-ring (bicyclic) bond motifs is 1. The second-order valence-corrected chi connectivity index (χ2v) is 9.66. The maximum Gasteiger partial charge on any atom is 0.303 e. The monoisotopic (exact) mass is 369 g/mol. The van der Waals surface area contributed by atoms with Crippen LogP contribution in [0.2, 0.25) is 0 Å². The first kappa shape index (κ1) is 19.7. The van der Waals surface area contributed by atoms with E-state index in [0.29, 0.717) is 12.8 Å². The lowest BCUT2D eigenvalue weighted by Crippen LogP contribution is -2.45. The number of nitrogens with one attached hydrogen (secondary N) is 1. The van der Waals surface area contributed by atoms with E-state index in [2.05, 4.69) is 5.32 Å². The molecular formula is C18H27NO5S. The highest BCUT2D eigenvalue weighted by Crippen LogP contribution is 2.40. The summed E-state index contributed by atoms with van der Waals surface area (Å²) in [6, 6.07) is 5.74. The highest BCUT2D eigenvalue weighted by Gasteiger charge is 2.36. The molecule has 140 valence electrons. The molecule has 1 aromatic carbocycles. The topological polar surface area (TPSA) is 92.7 Å². The van der Waals surface area contributed by atoms with Gasteiger partial charge in [0.15, 0.2) is 9.84 Å². The van der Waals surface area contributed by atoms with Crippen LogP contribution in [-0.4, -0.2) is 36.7 Å². The predicted molar refractivity (Wildman–Crippen MR) is 96.5 cm³/mol. The third kappa shape index (κ3) is 5.44. The van der Waals surface area contributed by atoms with E-state index in [1.807, 2.05) is 39.0 Å². The van der Waals surface area contributed by atoms with E-state index in [9.17, 15) is 13.2 Å². The molecule has 1 aromatic rings. The Hall–Kier alpha value is -1.60. The molecular weight excluding hydrogens is 342 g/mol. The first-order valence-corrected chi connectivity index (χ1v) is 10.4. The number of carbonyl (C=O) groups is 1. The molecule has 2 N–H and O–H groups in total. The molecule has 1 aliphatic rings. The molecule has 2 rings (SSSR count). The Morgan fingerprint density at radius 2 is 2.12 bits per heavy atom. The Kier molecular flexibility index (Phi) is 5.79. The summed E-state index contributed by atoms with van der Waals surface area (Å²) in [5.74, 6) is -0.155. The van der Waals surface area contributed by atoms with Crippen molar-refractivity contribution in [2.75, 3.05) is 6.26 Å². The molecule has 0 saturated carbocycles. The molecule has 0 radical (unpaired) electrons. The van der Waals surface area contributed by atoms with E-state index < -0.39 is 26.8 Å². The first-order valence-electron chi connectivity index (χ1n) is 8.44. The Bertz CT molecular complexity index is 742. The average molecular weight is 369 g/mol. The number of sulfone groups is 1. The summed E-state index contributed by atoms with van der Waals surface area (Å²) in [7, 11) is -3.36. The molecule has 0 bridgehead atoms. The number of carboxylic acid groups (broad SMARTS) is 1. The van der Waals surface area contributed by atoms with Gasteiger partial charge >= 0.3 is 5.97 Å². The Morgan fingerprint density at radius 3 is 2.72 bits per heavy atom. The van der Waals surface area contributed by atoms with Crippen molar-refractivity contribution >= 4 is 15.8 Å². The lowest BCUT2D eigenvalue weighted by Gasteiger charge is -2.39. The maximum absolute atomic E-state index is 12.2. The van der Waals surface area contributed by atoms with E-state index in [-0.39, 0.29) is 18.9 Å². The largest absolute Gasteiger partial charge is 0.487 e. The minimum Gasteiger partial charge on any atom is -0.487 e. The van der Waals surface area contributed by atoms with Crippen LogP contribution in [0.4, 0.5) is 0 Å². The van der Waals surface area contributed by atoms with Crippen molar-refractivity contribution in [3.8, 4) is 5.75 Å². The second-order valence-electron chi connectivity index (χ2n) is 7.43. The summed E-state index contributed by atoms with van der Waals surface area (Å²) < 4.78 is 30.4.